The number of nitrogens with one attached hydrogen (secondary N) is 1. The van der Waals surface area contributed by atoms with Crippen LogP contribution < -0.4 is 11.2 Å². The molecule has 1 saturated heterocycles. The fourth-order valence-electron chi connectivity index (χ4n) is 2.19. The normalized spacial score (nSPS) is 34.6. The summed E-state index contributed by atoms with van der Waals surface area (Å²) in [7, 11) is 0. The van der Waals surface area contributed by atoms with Crippen LogP contribution in [0.1, 0.15) is 19.6 Å². The highest BCUT2D eigenvalue weighted by molar-refractivity contribution is 5.01. The first kappa shape index (κ1) is 13.9. The summed E-state index contributed by atoms with van der Waals surface area (Å²) in [6.45, 7) is 1.06. The third-order valence-corrected chi connectivity index (χ3v) is 3.46. The number of hydrogen-bond acceptors (Lipinski definition) is 5. The van der Waals surface area contributed by atoms with Crippen molar-refractivity contribution in [3.63, 3.8) is 0 Å². The molecule has 0 bridgehead atoms. The second kappa shape index (κ2) is 4.87. The topological polar surface area (TPSA) is 105 Å². The number of aliphatic hydroxyl groups excluding tert-OH is 2. The maximum Gasteiger partial charge on any atom is 0.330 e. The SMILES string of the molecule is CC[C@]1(CO)O[C@@H](n2ccc(=O)[nH]c2=O)[C@@H](F)[C@@H]1O. The van der Waals surface area contributed by atoms with E-state index in [4.69, 9.17) is 4.74 Å². The molecule has 2 rings (SSSR count). The summed E-state index contributed by atoms with van der Waals surface area (Å²) in [5.74, 6) is 0. The van der Waals surface area contributed by atoms with Crippen LogP contribution in [0.25, 0.3) is 0 Å². The first-order valence-electron chi connectivity index (χ1n) is 5.87. The molecule has 0 aliphatic carbocycles. The van der Waals surface area contributed by atoms with Gasteiger partial charge in [-0.2, -0.15) is 0 Å². The number of aromatic amines is 1. The molecule has 0 amide bonds. The lowest BCUT2D eigenvalue weighted by atomic mass is 9.94. The molecule has 8 heteroatoms. The molecule has 1 fully saturated rings. The summed E-state index contributed by atoms with van der Waals surface area (Å²) < 4.78 is 20.3. The molecule has 0 spiro atoms. The molecule has 1 aromatic heterocycles. The van der Waals surface area contributed by atoms with Crippen LogP contribution in [-0.4, -0.2) is 44.2 Å². The van der Waals surface area contributed by atoms with E-state index >= 15 is 0 Å². The Kier molecular flexibility index (Phi) is 3.57. The van der Waals surface area contributed by atoms with Crippen molar-refractivity contribution in [2.45, 2.75) is 37.4 Å². The zero-order valence-corrected chi connectivity index (χ0v) is 10.2. The van der Waals surface area contributed by atoms with Gasteiger partial charge in [0.05, 0.1) is 6.61 Å². The maximum absolute atomic E-state index is 14.1. The number of ether oxygens (including phenoxy) is 1. The number of rotatable bonds is 3. The highest BCUT2D eigenvalue weighted by atomic mass is 19.1. The fraction of sp³-hybridized carbons (Fsp3) is 0.636. The first-order valence-corrected chi connectivity index (χ1v) is 5.87. The van der Waals surface area contributed by atoms with Gasteiger partial charge in [-0.15, -0.1) is 0 Å². The summed E-state index contributed by atoms with van der Waals surface area (Å²) in [6.07, 6.45) is -3.54. The summed E-state index contributed by atoms with van der Waals surface area (Å²) >= 11 is 0. The zero-order valence-electron chi connectivity index (χ0n) is 10.2. The third-order valence-electron chi connectivity index (χ3n) is 3.46. The van der Waals surface area contributed by atoms with Crippen molar-refractivity contribution in [1.29, 1.82) is 0 Å². The minimum atomic E-state index is -1.88. The summed E-state index contributed by atoms with van der Waals surface area (Å²) in [5, 5.41) is 19.1. The highest BCUT2D eigenvalue weighted by Crippen LogP contribution is 2.40. The van der Waals surface area contributed by atoms with Gasteiger partial charge >= 0.3 is 5.69 Å². The standard InChI is InChI=1S/C11H15FN2O5/c1-2-11(5-15)8(17)7(12)9(19-11)14-4-3-6(16)13-10(14)18/h3-4,7-9,15,17H,2,5H2,1H3,(H,13,16,18)/t7-,8-,9+,11+/m0/s1. The predicted octanol–water partition coefficient (Wildman–Crippen LogP) is -1.09. The monoisotopic (exact) mass is 274 g/mol. The Labute approximate surface area is 107 Å². The van der Waals surface area contributed by atoms with Crippen molar-refractivity contribution in [1.82, 2.24) is 9.55 Å². The molecule has 1 aliphatic heterocycles. The average Bonchev–Trinajstić information content (AvgIpc) is 2.64. The molecule has 0 radical (unpaired) electrons. The van der Waals surface area contributed by atoms with Crippen molar-refractivity contribution in [3.05, 3.63) is 33.1 Å². The molecule has 7 nitrogen and oxygen atoms in total. The van der Waals surface area contributed by atoms with Gasteiger partial charge in [-0.3, -0.25) is 14.3 Å². The van der Waals surface area contributed by atoms with Crippen LogP contribution >= 0.6 is 0 Å². The van der Waals surface area contributed by atoms with Crippen LogP contribution in [0, 0.1) is 0 Å². The van der Waals surface area contributed by atoms with E-state index in [1.54, 1.807) is 6.92 Å². The maximum atomic E-state index is 14.1. The molecule has 1 aromatic rings. The molecule has 4 atom stereocenters. The Balaban J connectivity index is 2.42. The average molecular weight is 274 g/mol. The van der Waals surface area contributed by atoms with E-state index in [1.807, 2.05) is 4.98 Å². The third kappa shape index (κ3) is 2.11. The Morgan fingerprint density at radius 1 is 1.58 bits per heavy atom. The number of hydrogen-bond donors (Lipinski definition) is 3. The Hall–Kier alpha value is -1.51. The minimum Gasteiger partial charge on any atom is -0.393 e. The molecular weight excluding hydrogens is 259 g/mol. The van der Waals surface area contributed by atoms with Gasteiger partial charge in [0.25, 0.3) is 5.56 Å². The van der Waals surface area contributed by atoms with E-state index < -0.39 is 42.0 Å². The summed E-state index contributed by atoms with van der Waals surface area (Å²) in [4.78, 5) is 24.5. The van der Waals surface area contributed by atoms with Gasteiger partial charge in [0.2, 0.25) is 0 Å². The summed E-state index contributed by atoms with van der Waals surface area (Å²) in [5.41, 5.74) is -2.89. The van der Waals surface area contributed by atoms with E-state index in [-0.39, 0.29) is 6.42 Å². The molecule has 2 heterocycles. The van der Waals surface area contributed by atoms with Gasteiger partial charge in [0.15, 0.2) is 12.4 Å². The van der Waals surface area contributed by atoms with E-state index in [0.29, 0.717) is 0 Å². The van der Waals surface area contributed by atoms with Crippen LogP contribution in [-0.2, 0) is 4.74 Å². The van der Waals surface area contributed by atoms with E-state index in [1.165, 1.54) is 0 Å². The minimum absolute atomic E-state index is 0.180. The molecule has 0 saturated carbocycles. The van der Waals surface area contributed by atoms with Crippen LogP contribution in [0.3, 0.4) is 0 Å². The second-order valence-electron chi connectivity index (χ2n) is 4.49. The Morgan fingerprint density at radius 3 is 2.74 bits per heavy atom. The molecule has 19 heavy (non-hydrogen) atoms. The molecule has 106 valence electrons. The first-order chi connectivity index (χ1) is 8.95. The van der Waals surface area contributed by atoms with E-state index in [2.05, 4.69) is 0 Å². The number of H-pyrrole nitrogens is 1. The molecule has 1 aliphatic rings. The van der Waals surface area contributed by atoms with Crippen molar-refractivity contribution < 1.29 is 19.3 Å². The number of aromatic nitrogens is 2. The van der Waals surface area contributed by atoms with Gasteiger partial charge in [0, 0.05) is 12.3 Å². The summed E-state index contributed by atoms with van der Waals surface area (Å²) in [6, 6.07) is 1.05. The van der Waals surface area contributed by atoms with E-state index in [0.717, 1.165) is 16.8 Å². The lowest BCUT2D eigenvalue weighted by molar-refractivity contribution is -0.130. The molecule has 3 N–H and O–H groups in total. The number of nitrogens with zero attached hydrogens (tertiary/aromatic N) is 1. The van der Waals surface area contributed by atoms with Gasteiger partial charge in [0.1, 0.15) is 11.7 Å². The van der Waals surface area contributed by atoms with Crippen LogP contribution in [0.15, 0.2) is 21.9 Å². The van der Waals surface area contributed by atoms with Crippen molar-refractivity contribution in [2.75, 3.05) is 6.61 Å². The molecular formula is C11H15FN2O5. The van der Waals surface area contributed by atoms with Gasteiger partial charge < -0.3 is 14.9 Å². The molecule has 0 unspecified atom stereocenters. The molecule has 0 aromatic carbocycles. The number of aliphatic hydroxyl groups is 2. The van der Waals surface area contributed by atoms with Crippen LogP contribution in [0.5, 0.6) is 0 Å². The Morgan fingerprint density at radius 2 is 2.26 bits per heavy atom. The Bertz CT molecular complexity index is 565. The van der Waals surface area contributed by atoms with Crippen molar-refractivity contribution >= 4 is 0 Å². The number of alkyl halides is 1. The van der Waals surface area contributed by atoms with Crippen molar-refractivity contribution in [3.8, 4) is 0 Å². The largest absolute Gasteiger partial charge is 0.393 e. The predicted molar refractivity (Wildman–Crippen MR) is 62.5 cm³/mol. The van der Waals surface area contributed by atoms with Crippen LogP contribution in [0.2, 0.25) is 0 Å². The van der Waals surface area contributed by atoms with Gasteiger partial charge in [-0.05, 0) is 6.42 Å². The van der Waals surface area contributed by atoms with Gasteiger partial charge in [-0.1, -0.05) is 6.92 Å². The quantitative estimate of drug-likeness (QED) is 0.649. The highest BCUT2D eigenvalue weighted by Gasteiger charge is 2.54. The van der Waals surface area contributed by atoms with E-state index in [9.17, 15) is 24.2 Å². The zero-order chi connectivity index (χ0) is 14.2. The lowest BCUT2D eigenvalue weighted by Gasteiger charge is -2.28. The number of halogens is 1. The fourth-order valence-corrected chi connectivity index (χ4v) is 2.19. The van der Waals surface area contributed by atoms with Gasteiger partial charge in [-0.25, -0.2) is 9.18 Å². The smallest absolute Gasteiger partial charge is 0.330 e. The van der Waals surface area contributed by atoms with Crippen LogP contribution in [0.4, 0.5) is 4.39 Å². The second-order valence-corrected chi connectivity index (χ2v) is 4.49. The van der Waals surface area contributed by atoms with Crippen molar-refractivity contribution in [2.24, 2.45) is 0 Å². The lowest BCUT2D eigenvalue weighted by Crippen LogP contribution is -2.44.